The minimum Gasteiger partial charge on any atom is -0.426 e. The van der Waals surface area contributed by atoms with Crippen LogP contribution in [0.1, 0.15) is 41.4 Å². The Bertz CT molecular complexity index is 855. The summed E-state index contributed by atoms with van der Waals surface area (Å²) >= 11 is 0. The summed E-state index contributed by atoms with van der Waals surface area (Å²) in [6.45, 7) is 3.17. The zero-order chi connectivity index (χ0) is 18.6. The van der Waals surface area contributed by atoms with Crippen LogP contribution in [0.15, 0.2) is 33.6 Å². The lowest BCUT2D eigenvalue weighted by atomic mass is 10.2. The van der Waals surface area contributed by atoms with E-state index in [1.807, 2.05) is 0 Å². The molecule has 140 valence electrons. The molecule has 1 aromatic heterocycles. The Morgan fingerprint density at radius 3 is 2.46 bits per heavy atom. The highest BCUT2D eigenvalue weighted by molar-refractivity contribution is 7.89. The highest BCUT2D eigenvalue weighted by Crippen LogP contribution is 2.20. The van der Waals surface area contributed by atoms with Crippen molar-refractivity contribution in [2.45, 2.75) is 37.5 Å². The van der Waals surface area contributed by atoms with Crippen molar-refractivity contribution < 1.29 is 17.6 Å². The molecule has 0 spiro atoms. The molecule has 1 aliphatic rings. The number of amides is 1. The number of carbonyl (C=O) groups is 1. The zero-order valence-electron chi connectivity index (χ0n) is 14.6. The number of carbonyl (C=O) groups excluding carboxylic acids is 1. The minimum atomic E-state index is -3.48. The molecule has 1 fully saturated rings. The molecule has 1 aliphatic heterocycles. The molecule has 0 saturated carbocycles. The van der Waals surface area contributed by atoms with E-state index in [0.717, 1.165) is 19.3 Å². The van der Waals surface area contributed by atoms with Crippen molar-refractivity contribution >= 4 is 15.9 Å². The van der Waals surface area contributed by atoms with Crippen LogP contribution < -0.4 is 5.32 Å². The molecular formula is C17H22N4O4S. The van der Waals surface area contributed by atoms with Crippen LogP contribution in [0, 0.1) is 6.92 Å². The number of nitrogens with zero attached hydrogens (tertiary/aromatic N) is 3. The van der Waals surface area contributed by atoms with E-state index in [2.05, 4.69) is 15.5 Å². The lowest BCUT2D eigenvalue weighted by Gasteiger charge is -2.25. The highest BCUT2D eigenvalue weighted by atomic mass is 32.2. The average Bonchev–Trinajstić information content (AvgIpc) is 3.07. The van der Waals surface area contributed by atoms with Gasteiger partial charge in [-0.2, -0.15) is 4.31 Å². The van der Waals surface area contributed by atoms with Crippen LogP contribution in [0.2, 0.25) is 0 Å². The van der Waals surface area contributed by atoms with Crippen LogP contribution in [0.5, 0.6) is 0 Å². The Kier molecular flexibility index (Phi) is 5.67. The van der Waals surface area contributed by atoms with E-state index in [0.29, 0.717) is 43.4 Å². The molecule has 0 atom stereocenters. The third-order valence-corrected chi connectivity index (χ3v) is 6.17. The standard InChI is InChI=1S/C17H22N4O4S/c1-13-19-20-16(25-13)9-10-18-17(22)14-5-7-15(8-6-14)26(23,24)21-11-3-2-4-12-21/h5-8H,2-4,9-12H2,1H3,(H,18,22). The van der Waals surface area contributed by atoms with Crippen LogP contribution in [-0.4, -0.2) is 48.5 Å². The molecule has 1 aromatic carbocycles. The summed E-state index contributed by atoms with van der Waals surface area (Å²) in [7, 11) is -3.48. The van der Waals surface area contributed by atoms with Gasteiger partial charge in [0.15, 0.2) is 0 Å². The molecule has 3 rings (SSSR count). The predicted molar refractivity (Wildman–Crippen MR) is 94.1 cm³/mol. The van der Waals surface area contributed by atoms with Gasteiger partial charge in [0.05, 0.1) is 4.90 Å². The van der Waals surface area contributed by atoms with Crippen molar-refractivity contribution in [1.82, 2.24) is 19.8 Å². The van der Waals surface area contributed by atoms with Gasteiger partial charge in [-0.15, -0.1) is 10.2 Å². The SMILES string of the molecule is Cc1nnc(CCNC(=O)c2ccc(S(=O)(=O)N3CCCCC3)cc2)o1. The summed E-state index contributed by atoms with van der Waals surface area (Å²) in [5, 5.41) is 10.3. The second kappa shape index (κ2) is 7.96. The van der Waals surface area contributed by atoms with Crippen LogP contribution >= 0.6 is 0 Å². The number of sulfonamides is 1. The van der Waals surface area contributed by atoms with Crippen molar-refractivity contribution in [2.24, 2.45) is 0 Å². The molecular weight excluding hydrogens is 356 g/mol. The number of hydrogen-bond acceptors (Lipinski definition) is 6. The van der Waals surface area contributed by atoms with Crippen molar-refractivity contribution in [3.8, 4) is 0 Å². The largest absolute Gasteiger partial charge is 0.426 e. The number of rotatable bonds is 6. The Labute approximate surface area is 152 Å². The predicted octanol–water partition coefficient (Wildman–Crippen LogP) is 1.53. The Balaban J connectivity index is 1.58. The first-order valence-corrected chi connectivity index (χ1v) is 10.1. The maximum atomic E-state index is 12.6. The third-order valence-electron chi connectivity index (χ3n) is 4.26. The number of aromatic nitrogens is 2. The zero-order valence-corrected chi connectivity index (χ0v) is 15.5. The highest BCUT2D eigenvalue weighted by Gasteiger charge is 2.25. The van der Waals surface area contributed by atoms with Gasteiger partial charge in [-0.05, 0) is 37.1 Å². The lowest BCUT2D eigenvalue weighted by Crippen LogP contribution is -2.35. The summed E-state index contributed by atoms with van der Waals surface area (Å²) in [5.74, 6) is 0.672. The van der Waals surface area contributed by atoms with Crippen LogP contribution in [0.4, 0.5) is 0 Å². The van der Waals surface area contributed by atoms with E-state index >= 15 is 0 Å². The monoisotopic (exact) mass is 378 g/mol. The van der Waals surface area contributed by atoms with Gasteiger partial charge in [0.2, 0.25) is 21.8 Å². The third kappa shape index (κ3) is 4.28. The number of benzene rings is 1. The van der Waals surface area contributed by atoms with E-state index < -0.39 is 10.0 Å². The van der Waals surface area contributed by atoms with Crippen LogP contribution in [-0.2, 0) is 16.4 Å². The molecule has 0 aliphatic carbocycles. The Morgan fingerprint density at radius 2 is 1.85 bits per heavy atom. The summed E-state index contributed by atoms with van der Waals surface area (Å²) in [6, 6.07) is 6.03. The van der Waals surface area contributed by atoms with Crippen molar-refractivity contribution in [1.29, 1.82) is 0 Å². The molecule has 8 nitrogen and oxygen atoms in total. The number of piperidine rings is 1. The van der Waals surface area contributed by atoms with Gasteiger partial charge in [-0.1, -0.05) is 6.42 Å². The average molecular weight is 378 g/mol. The molecule has 1 N–H and O–H groups in total. The summed E-state index contributed by atoms with van der Waals surface area (Å²) in [4.78, 5) is 12.4. The van der Waals surface area contributed by atoms with E-state index in [4.69, 9.17) is 4.42 Å². The van der Waals surface area contributed by atoms with E-state index in [1.165, 1.54) is 28.6 Å². The van der Waals surface area contributed by atoms with E-state index in [-0.39, 0.29) is 10.8 Å². The second-order valence-corrected chi connectivity index (χ2v) is 8.15. The lowest BCUT2D eigenvalue weighted by molar-refractivity contribution is 0.0953. The first kappa shape index (κ1) is 18.5. The van der Waals surface area contributed by atoms with Gasteiger partial charge < -0.3 is 9.73 Å². The fraction of sp³-hybridized carbons (Fsp3) is 0.471. The molecule has 1 amide bonds. The van der Waals surface area contributed by atoms with Crippen molar-refractivity contribution in [3.05, 3.63) is 41.6 Å². The van der Waals surface area contributed by atoms with E-state index in [9.17, 15) is 13.2 Å². The second-order valence-electron chi connectivity index (χ2n) is 6.21. The summed E-state index contributed by atoms with van der Waals surface area (Å²) in [5.41, 5.74) is 0.407. The molecule has 0 bridgehead atoms. The number of nitrogens with one attached hydrogen (secondary N) is 1. The topological polar surface area (TPSA) is 105 Å². The molecule has 0 radical (unpaired) electrons. The summed E-state index contributed by atoms with van der Waals surface area (Å²) < 4.78 is 32.0. The normalized spacial score (nSPS) is 15.7. The van der Waals surface area contributed by atoms with Crippen LogP contribution in [0.3, 0.4) is 0 Å². The molecule has 0 unspecified atom stereocenters. The van der Waals surface area contributed by atoms with Gasteiger partial charge in [-0.25, -0.2) is 8.42 Å². The maximum Gasteiger partial charge on any atom is 0.251 e. The molecule has 9 heteroatoms. The van der Waals surface area contributed by atoms with Gasteiger partial charge in [0.25, 0.3) is 5.91 Å². The van der Waals surface area contributed by atoms with Crippen molar-refractivity contribution in [3.63, 3.8) is 0 Å². The number of hydrogen-bond donors (Lipinski definition) is 1. The quantitative estimate of drug-likeness (QED) is 0.817. The van der Waals surface area contributed by atoms with Gasteiger partial charge in [0, 0.05) is 38.5 Å². The smallest absolute Gasteiger partial charge is 0.251 e. The van der Waals surface area contributed by atoms with Gasteiger partial charge in [0.1, 0.15) is 0 Å². The first-order chi connectivity index (χ1) is 12.5. The molecule has 1 saturated heterocycles. The Hall–Kier alpha value is -2.26. The summed E-state index contributed by atoms with van der Waals surface area (Å²) in [6.07, 6.45) is 3.28. The molecule has 2 heterocycles. The fourth-order valence-corrected chi connectivity index (χ4v) is 4.37. The Morgan fingerprint density at radius 1 is 1.15 bits per heavy atom. The minimum absolute atomic E-state index is 0.220. The van der Waals surface area contributed by atoms with Gasteiger partial charge in [-0.3, -0.25) is 4.79 Å². The molecule has 26 heavy (non-hydrogen) atoms. The van der Waals surface area contributed by atoms with E-state index in [1.54, 1.807) is 6.92 Å². The van der Waals surface area contributed by atoms with Crippen molar-refractivity contribution in [2.75, 3.05) is 19.6 Å². The number of aryl methyl sites for hydroxylation is 1. The van der Waals surface area contributed by atoms with Crippen LogP contribution in [0.25, 0.3) is 0 Å². The molecule has 2 aromatic rings. The maximum absolute atomic E-state index is 12.6. The fourth-order valence-electron chi connectivity index (χ4n) is 2.86. The van der Waals surface area contributed by atoms with Gasteiger partial charge >= 0.3 is 0 Å². The first-order valence-electron chi connectivity index (χ1n) is 8.64.